The maximum atomic E-state index is 6.52. The van der Waals surface area contributed by atoms with Gasteiger partial charge in [-0.25, -0.2) is 15.0 Å². The van der Waals surface area contributed by atoms with E-state index in [-0.39, 0.29) is 0 Å². The summed E-state index contributed by atoms with van der Waals surface area (Å²) in [6.07, 6.45) is 9.49. The van der Waals surface area contributed by atoms with Gasteiger partial charge < -0.3 is 4.42 Å². The number of para-hydroxylation sites is 2. The number of rotatable bonds is 5. The summed E-state index contributed by atoms with van der Waals surface area (Å²) >= 11 is 0. The highest BCUT2D eigenvalue weighted by molar-refractivity contribution is 6.24. The molecule has 1 atom stereocenters. The lowest BCUT2D eigenvalue weighted by molar-refractivity contribution is 0.669. The van der Waals surface area contributed by atoms with Gasteiger partial charge in [-0.15, -0.1) is 0 Å². The van der Waals surface area contributed by atoms with Crippen LogP contribution in [0.4, 0.5) is 0 Å². The van der Waals surface area contributed by atoms with Crippen LogP contribution in [0.15, 0.2) is 181 Å². The minimum atomic E-state index is 0.488. The van der Waals surface area contributed by atoms with Gasteiger partial charge in [0, 0.05) is 39.9 Å². The Hall–Kier alpha value is -7.76. The van der Waals surface area contributed by atoms with E-state index in [0.717, 1.165) is 67.3 Å². The Balaban J connectivity index is 1.14. The van der Waals surface area contributed by atoms with Crippen LogP contribution in [0.2, 0.25) is 0 Å². The van der Waals surface area contributed by atoms with E-state index >= 15 is 0 Å². The van der Waals surface area contributed by atoms with Crippen molar-refractivity contribution in [3.05, 3.63) is 187 Å². The molecule has 3 heterocycles. The van der Waals surface area contributed by atoms with Crippen LogP contribution < -0.4 is 0 Å². The number of allylic oxidation sites excluding steroid dienone is 1. The number of fused-ring (bicyclic) bond motifs is 11. The summed E-state index contributed by atoms with van der Waals surface area (Å²) in [5, 5.41) is 9.68. The van der Waals surface area contributed by atoms with Gasteiger partial charge in [-0.2, -0.15) is 0 Å². The van der Waals surface area contributed by atoms with Crippen molar-refractivity contribution in [1.82, 2.24) is 19.9 Å². The highest BCUT2D eigenvalue weighted by Gasteiger charge is 2.23. The molecule has 11 aromatic rings. The second-order valence-electron chi connectivity index (χ2n) is 15.9. The predicted molar refractivity (Wildman–Crippen MR) is 246 cm³/mol. The van der Waals surface area contributed by atoms with E-state index in [9.17, 15) is 0 Å². The van der Waals surface area contributed by atoms with E-state index in [1.165, 1.54) is 43.4 Å². The fourth-order valence-corrected chi connectivity index (χ4v) is 9.33. The van der Waals surface area contributed by atoms with Crippen molar-refractivity contribution >= 4 is 60.3 Å². The average molecular weight is 769 g/mol. The summed E-state index contributed by atoms with van der Waals surface area (Å²) in [5.41, 5.74) is 11.2. The fourth-order valence-electron chi connectivity index (χ4n) is 9.33. The molecule has 8 aromatic carbocycles. The van der Waals surface area contributed by atoms with Crippen molar-refractivity contribution in [3.8, 4) is 56.4 Å². The smallest absolute Gasteiger partial charge is 0.167 e. The standard InChI is InChI=1S/C55H36N4O/c1-33-24-25-44-48(27-33)39-16-5-6-17-40(39)49-31-47(41-18-7-8-20-43(41)51(44)49)37-28-36(35-15-12-26-56-32-35)29-38(30-37)54-57-53(34-13-3-2-4-14-34)58-55(59-54)46-22-11-21-45-42-19-9-10-23-50(42)60-52(45)46/h2-26,28-33H,27H2,1H3. The Morgan fingerprint density at radius 2 is 1.15 bits per heavy atom. The summed E-state index contributed by atoms with van der Waals surface area (Å²) in [6.45, 7) is 2.31. The zero-order valence-electron chi connectivity index (χ0n) is 32.8. The van der Waals surface area contributed by atoms with Crippen LogP contribution in [0, 0.1) is 5.92 Å². The van der Waals surface area contributed by atoms with Gasteiger partial charge in [-0.1, -0.05) is 134 Å². The lowest BCUT2D eigenvalue weighted by Gasteiger charge is -2.23. The van der Waals surface area contributed by atoms with Gasteiger partial charge in [-0.3, -0.25) is 4.98 Å². The third-order valence-corrected chi connectivity index (χ3v) is 12.1. The molecule has 0 N–H and O–H groups in total. The zero-order valence-corrected chi connectivity index (χ0v) is 32.8. The molecule has 1 aliphatic rings. The summed E-state index contributed by atoms with van der Waals surface area (Å²) < 4.78 is 6.52. The largest absolute Gasteiger partial charge is 0.455 e. The molecule has 0 radical (unpaired) electrons. The fraction of sp³-hybridized carbons (Fsp3) is 0.0545. The SMILES string of the molecule is CC1C=Cc2c(c3ccccc3c3cc(-c4cc(-c5cccnc5)cc(-c5nc(-c6ccccc6)nc(-c6cccc7c6oc6ccccc67)n5)c4)c4ccccc4c23)C1. The van der Waals surface area contributed by atoms with Crippen molar-refractivity contribution in [2.75, 3.05) is 0 Å². The molecule has 0 amide bonds. The van der Waals surface area contributed by atoms with Gasteiger partial charge in [0.25, 0.3) is 0 Å². The summed E-state index contributed by atoms with van der Waals surface area (Å²) in [7, 11) is 0. The Bertz CT molecular complexity index is 3530. The minimum absolute atomic E-state index is 0.488. The number of pyridine rings is 1. The summed E-state index contributed by atoms with van der Waals surface area (Å²) in [4.78, 5) is 20.2. The number of nitrogens with zero attached hydrogens (tertiary/aromatic N) is 4. The Kier molecular flexibility index (Phi) is 7.82. The van der Waals surface area contributed by atoms with Crippen molar-refractivity contribution in [2.24, 2.45) is 5.92 Å². The third kappa shape index (κ3) is 5.54. The van der Waals surface area contributed by atoms with Gasteiger partial charge in [0.2, 0.25) is 0 Å². The molecule has 1 aliphatic carbocycles. The highest BCUT2D eigenvalue weighted by Crippen LogP contribution is 2.45. The summed E-state index contributed by atoms with van der Waals surface area (Å²) in [6, 6.07) is 55.4. The van der Waals surface area contributed by atoms with E-state index in [4.69, 9.17) is 19.4 Å². The number of furan rings is 1. The first-order valence-electron chi connectivity index (χ1n) is 20.5. The number of aromatic nitrogens is 4. The normalized spacial score (nSPS) is 13.8. The first kappa shape index (κ1) is 34.3. The molecule has 0 spiro atoms. The Morgan fingerprint density at radius 1 is 0.483 bits per heavy atom. The zero-order chi connectivity index (χ0) is 39.7. The quantitative estimate of drug-likeness (QED) is 0.163. The molecule has 60 heavy (non-hydrogen) atoms. The molecule has 0 fully saturated rings. The molecule has 0 bridgehead atoms. The van der Waals surface area contributed by atoms with Crippen molar-refractivity contribution < 1.29 is 4.42 Å². The molecule has 0 saturated heterocycles. The second kappa shape index (κ2) is 13.7. The van der Waals surface area contributed by atoms with E-state index in [1.807, 2.05) is 73.1 Å². The number of hydrogen-bond donors (Lipinski definition) is 0. The molecule has 5 heteroatoms. The van der Waals surface area contributed by atoms with Crippen LogP contribution in [0.3, 0.4) is 0 Å². The molecule has 5 nitrogen and oxygen atoms in total. The Labute approximate surface area is 346 Å². The number of benzene rings is 8. The maximum absolute atomic E-state index is 6.52. The first-order chi connectivity index (χ1) is 29.6. The van der Waals surface area contributed by atoms with Gasteiger partial charge in [-0.05, 0) is 115 Å². The molecule has 0 aliphatic heterocycles. The highest BCUT2D eigenvalue weighted by atomic mass is 16.3. The van der Waals surface area contributed by atoms with Gasteiger partial charge in [0.1, 0.15) is 11.2 Å². The third-order valence-electron chi connectivity index (χ3n) is 12.1. The van der Waals surface area contributed by atoms with Gasteiger partial charge in [0.05, 0.1) is 5.56 Å². The van der Waals surface area contributed by atoms with E-state index in [2.05, 4.69) is 121 Å². The van der Waals surface area contributed by atoms with Crippen LogP contribution in [-0.4, -0.2) is 19.9 Å². The van der Waals surface area contributed by atoms with Crippen LogP contribution in [-0.2, 0) is 6.42 Å². The topological polar surface area (TPSA) is 64.7 Å². The lowest BCUT2D eigenvalue weighted by atomic mass is 9.81. The minimum Gasteiger partial charge on any atom is -0.455 e. The summed E-state index contributed by atoms with van der Waals surface area (Å²) in [5.74, 6) is 2.20. The molecule has 0 saturated carbocycles. The van der Waals surface area contributed by atoms with Crippen LogP contribution >= 0.6 is 0 Å². The van der Waals surface area contributed by atoms with Crippen LogP contribution in [0.25, 0.3) is 117 Å². The van der Waals surface area contributed by atoms with E-state index in [0.29, 0.717) is 23.4 Å². The van der Waals surface area contributed by atoms with Crippen molar-refractivity contribution in [3.63, 3.8) is 0 Å². The average Bonchev–Trinajstić information content (AvgIpc) is 3.70. The van der Waals surface area contributed by atoms with Crippen LogP contribution in [0.5, 0.6) is 0 Å². The first-order valence-corrected chi connectivity index (χ1v) is 20.5. The molecule has 282 valence electrons. The second-order valence-corrected chi connectivity index (χ2v) is 15.9. The monoisotopic (exact) mass is 768 g/mol. The Morgan fingerprint density at radius 3 is 1.98 bits per heavy atom. The lowest BCUT2D eigenvalue weighted by Crippen LogP contribution is -2.05. The van der Waals surface area contributed by atoms with Crippen LogP contribution in [0.1, 0.15) is 18.1 Å². The van der Waals surface area contributed by atoms with Crippen molar-refractivity contribution in [2.45, 2.75) is 13.3 Å². The van der Waals surface area contributed by atoms with Gasteiger partial charge in [0.15, 0.2) is 17.5 Å². The predicted octanol–water partition coefficient (Wildman–Crippen LogP) is 14.2. The van der Waals surface area contributed by atoms with Gasteiger partial charge >= 0.3 is 0 Å². The molecule has 1 unspecified atom stereocenters. The van der Waals surface area contributed by atoms with Crippen molar-refractivity contribution in [1.29, 1.82) is 0 Å². The van der Waals surface area contributed by atoms with E-state index in [1.54, 1.807) is 0 Å². The molecule has 3 aromatic heterocycles. The van der Waals surface area contributed by atoms with E-state index < -0.39 is 0 Å². The molecular formula is C55H36N4O. The molecule has 12 rings (SSSR count). The number of hydrogen-bond acceptors (Lipinski definition) is 5. The maximum Gasteiger partial charge on any atom is 0.167 e. The molecular weight excluding hydrogens is 733 g/mol.